The van der Waals surface area contributed by atoms with Crippen LogP contribution < -0.4 is 14.4 Å². The lowest BCUT2D eigenvalue weighted by Crippen LogP contribution is -2.24. The maximum absolute atomic E-state index is 13.4. The van der Waals surface area contributed by atoms with Gasteiger partial charge in [0.1, 0.15) is 11.5 Å². The van der Waals surface area contributed by atoms with Gasteiger partial charge in [0.2, 0.25) is 0 Å². The Labute approximate surface area is 180 Å². The van der Waals surface area contributed by atoms with Gasteiger partial charge in [-0.05, 0) is 56.3 Å². The van der Waals surface area contributed by atoms with Gasteiger partial charge in [-0.3, -0.25) is 9.69 Å². The Bertz CT molecular complexity index is 1040. The zero-order chi connectivity index (χ0) is 21.8. The fraction of sp³-hybridized carbons (Fsp3) is 0.217. The lowest BCUT2D eigenvalue weighted by atomic mass is 10.0. The van der Waals surface area contributed by atoms with E-state index in [1.807, 2.05) is 0 Å². The molecule has 1 aliphatic rings. The van der Waals surface area contributed by atoms with Crippen molar-refractivity contribution in [1.82, 2.24) is 0 Å². The minimum Gasteiger partial charge on any atom is -0.497 e. The lowest BCUT2D eigenvalue weighted by Gasteiger charge is -2.18. The summed E-state index contributed by atoms with van der Waals surface area (Å²) in [6.45, 7) is 3.63. The van der Waals surface area contributed by atoms with Gasteiger partial charge in [-0.1, -0.05) is 11.6 Å². The molecule has 2 aromatic carbocycles. The fourth-order valence-electron chi connectivity index (χ4n) is 3.28. The normalized spacial score (nSPS) is 15.0. The van der Waals surface area contributed by atoms with Crippen molar-refractivity contribution < 1.29 is 23.8 Å². The fourth-order valence-corrected chi connectivity index (χ4v) is 3.40. The maximum Gasteiger partial charge on any atom is 0.340 e. The summed E-state index contributed by atoms with van der Waals surface area (Å²) in [5, 5.41) is 0.552. The average molecular weight is 428 g/mol. The SMILES string of the molecule is CCOC(=O)C1=C(C)N(c2ccc(Cl)cc2)C(=O)/C1=C\c1ccc(OC)cc1OC. The van der Waals surface area contributed by atoms with E-state index in [1.165, 1.54) is 12.0 Å². The number of nitrogens with zero attached hydrogens (tertiary/aromatic N) is 1. The molecule has 0 aliphatic carbocycles. The van der Waals surface area contributed by atoms with Crippen LogP contribution in [0.2, 0.25) is 5.02 Å². The number of halogens is 1. The third kappa shape index (κ3) is 4.04. The molecule has 0 saturated heterocycles. The van der Waals surface area contributed by atoms with Crippen molar-refractivity contribution in [3.05, 3.63) is 69.9 Å². The van der Waals surface area contributed by atoms with Gasteiger partial charge in [0.25, 0.3) is 5.91 Å². The second-order valence-electron chi connectivity index (χ2n) is 6.46. The summed E-state index contributed by atoms with van der Waals surface area (Å²) in [6.07, 6.45) is 1.63. The number of rotatable bonds is 6. The Balaban J connectivity index is 2.15. The summed E-state index contributed by atoms with van der Waals surface area (Å²) in [4.78, 5) is 27.5. The molecule has 0 fully saturated rings. The molecule has 2 aromatic rings. The summed E-state index contributed by atoms with van der Waals surface area (Å²) in [6, 6.07) is 12.1. The second-order valence-corrected chi connectivity index (χ2v) is 6.90. The van der Waals surface area contributed by atoms with Crippen LogP contribution in [0.5, 0.6) is 11.5 Å². The van der Waals surface area contributed by atoms with E-state index in [0.29, 0.717) is 33.5 Å². The van der Waals surface area contributed by atoms with E-state index in [4.69, 9.17) is 25.8 Å². The molecule has 0 N–H and O–H groups in total. The summed E-state index contributed by atoms with van der Waals surface area (Å²) in [5.74, 6) is 0.238. The van der Waals surface area contributed by atoms with Crippen LogP contribution in [0.1, 0.15) is 19.4 Å². The average Bonchev–Trinajstić information content (AvgIpc) is 2.99. The number of benzene rings is 2. The van der Waals surface area contributed by atoms with Gasteiger partial charge in [0, 0.05) is 28.0 Å². The molecule has 1 heterocycles. The smallest absolute Gasteiger partial charge is 0.340 e. The number of allylic oxidation sites excluding steroid dienone is 1. The third-order valence-corrected chi connectivity index (χ3v) is 4.96. The Morgan fingerprint density at radius 3 is 2.40 bits per heavy atom. The first-order valence-electron chi connectivity index (χ1n) is 9.33. The van der Waals surface area contributed by atoms with Gasteiger partial charge in [-0.15, -0.1) is 0 Å². The predicted molar refractivity (Wildman–Crippen MR) is 116 cm³/mol. The Morgan fingerprint density at radius 2 is 1.80 bits per heavy atom. The highest BCUT2D eigenvalue weighted by Gasteiger charge is 2.38. The number of methoxy groups -OCH3 is 2. The van der Waals surface area contributed by atoms with Gasteiger partial charge >= 0.3 is 5.97 Å². The molecule has 3 rings (SSSR count). The number of hydrogen-bond donors (Lipinski definition) is 0. The second kappa shape index (κ2) is 9.05. The van der Waals surface area contributed by atoms with Crippen molar-refractivity contribution in [2.45, 2.75) is 13.8 Å². The van der Waals surface area contributed by atoms with Crippen LogP contribution in [-0.4, -0.2) is 32.7 Å². The number of hydrogen-bond acceptors (Lipinski definition) is 5. The lowest BCUT2D eigenvalue weighted by molar-refractivity contribution is -0.138. The van der Waals surface area contributed by atoms with Crippen LogP contribution in [0.15, 0.2) is 59.3 Å². The molecule has 0 bridgehead atoms. The first-order valence-corrected chi connectivity index (χ1v) is 9.71. The van der Waals surface area contributed by atoms with Crippen LogP contribution in [0, 0.1) is 0 Å². The van der Waals surface area contributed by atoms with E-state index >= 15 is 0 Å². The molecule has 0 unspecified atom stereocenters. The van der Waals surface area contributed by atoms with E-state index in [9.17, 15) is 9.59 Å². The van der Waals surface area contributed by atoms with Crippen molar-refractivity contribution in [1.29, 1.82) is 0 Å². The van der Waals surface area contributed by atoms with Crippen LogP contribution in [0.4, 0.5) is 5.69 Å². The molecule has 30 heavy (non-hydrogen) atoms. The zero-order valence-electron chi connectivity index (χ0n) is 17.2. The molecule has 0 aromatic heterocycles. The number of ether oxygens (including phenoxy) is 3. The zero-order valence-corrected chi connectivity index (χ0v) is 17.9. The van der Waals surface area contributed by atoms with Crippen LogP contribution in [0.3, 0.4) is 0 Å². The van der Waals surface area contributed by atoms with Gasteiger partial charge in [-0.2, -0.15) is 0 Å². The molecule has 156 valence electrons. The van der Waals surface area contributed by atoms with E-state index in [2.05, 4.69) is 0 Å². The van der Waals surface area contributed by atoms with Gasteiger partial charge in [-0.25, -0.2) is 4.79 Å². The summed E-state index contributed by atoms with van der Waals surface area (Å²) in [7, 11) is 3.09. The van der Waals surface area contributed by atoms with E-state index < -0.39 is 5.97 Å². The first kappa shape index (κ1) is 21.5. The molecule has 0 saturated carbocycles. The van der Waals surface area contributed by atoms with Crippen LogP contribution in [-0.2, 0) is 14.3 Å². The number of amides is 1. The van der Waals surface area contributed by atoms with Crippen molar-refractivity contribution in [2.24, 2.45) is 0 Å². The molecule has 6 nitrogen and oxygen atoms in total. The molecule has 1 aliphatic heterocycles. The summed E-state index contributed by atoms with van der Waals surface area (Å²) >= 11 is 5.98. The summed E-state index contributed by atoms with van der Waals surface area (Å²) in [5.41, 5.74) is 2.17. The van der Waals surface area contributed by atoms with E-state index in [0.717, 1.165) is 0 Å². The monoisotopic (exact) mass is 427 g/mol. The van der Waals surface area contributed by atoms with E-state index in [1.54, 1.807) is 69.5 Å². The highest BCUT2D eigenvalue weighted by Crippen LogP contribution is 2.37. The number of anilines is 1. The first-order chi connectivity index (χ1) is 14.4. The van der Waals surface area contributed by atoms with Gasteiger partial charge in [0.15, 0.2) is 0 Å². The predicted octanol–water partition coefficient (Wildman–Crippen LogP) is 4.62. The van der Waals surface area contributed by atoms with Crippen molar-refractivity contribution in [3.63, 3.8) is 0 Å². The van der Waals surface area contributed by atoms with Crippen molar-refractivity contribution in [3.8, 4) is 11.5 Å². The molecule has 0 spiro atoms. The molecule has 1 amide bonds. The third-order valence-electron chi connectivity index (χ3n) is 4.70. The highest BCUT2D eigenvalue weighted by atomic mass is 35.5. The standard InChI is InChI=1S/C23H22ClNO5/c1-5-30-23(27)21-14(2)25(17-9-7-16(24)8-10-17)22(26)19(21)12-15-6-11-18(28-3)13-20(15)29-4/h6-13H,5H2,1-4H3/b19-12-. The topological polar surface area (TPSA) is 65.1 Å². The number of carbonyl (C=O) groups is 2. The maximum atomic E-state index is 13.4. The molecular formula is C23H22ClNO5. The molecular weight excluding hydrogens is 406 g/mol. The minimum atomic E-state index is -0.557. The highest BCUT2D eigenvalue weighted by molar-refractivity contribution is 6.30. The molecule has 0 radical (unpaired) electrons. The van der Waals surface area contributed by atoms with Crippen LogP contribution >= 0.6 is 11.6 Å². The van der Waals surface area contributed by atoms with E-state index in [-0.39, 0.29) is 23.7 Å². The van der Waals surface area contributed by atoms with Crippen molar-refractivity contribution >= 4 is 35.2 Å². The van der Waals surface area contributed by atoms with Crippen molar-refractivity contribution in [2.75, 3.05) is 25.7 Å². The largest absolute Gasteiger partial charge is 0.497 e. The Morgan fingerprint density at radius 1 is 1.10 bits per heavy atom. The number of carbonyl (C=O) groups excluding carboxylic acids is 2. The van der Waals surface area contributed by atoms with Crippen LogP contribution in [0.25, 0.3) is 6.08 Å². The number of esters is 1. The quantitative estimate of drug-likeness (QED) is 0.497. The van der Waals surface area contributed by atoms with Gasteiger partial charge < -0.3 is 14.2 Å². The Hall–Kier alpha value is -3.25. The molecule has 0 atom stereocenters. The Kier molecular flexibility index (Phi) is 6.47. The summed E-state index contributed by atoms with van der Waals surface area (Å²) < 4.78 is 15.9. The van der Waals surface area contributed by atoms with Gasteiger partial charge in [0.05, 0.1) is 32.0 Å². The minimum absolute atomic E-state index is 0.198. The molecule has 7 heteroatoms.